The Hall–Kier alpha value is -2.41. The maximum atomic E-state index is 13.7. The summed E-state index contributed by atoms with van der Waals surface area (Å²) < 4.78 is 5.22. The van der Waals surface area contributed by atoms with Gasteiger partial charge >= 0.3 is 0 Å². The van der Waals surface area contributed by atoms with E-state index in [1.807, 2.05) is 0 Å². The summed E-state index contributed by atoms with van der Waals surface area (Å²) in [4.78, 5) is 43.1. The molecule has 1 aliphatic carbocycles. The molecule has 156 valence electrons. The summed E-state index contributed by atoms with van der Waals surface area (Å²) in [6, 6.07) is 7.16. The molecule has 29 heavy (non-hydrogen) atoms. The van der Waals surface area contributed by atoms with Crippen LogP contribution in [0.2, 0.25) is 0 Å². The van der Waals surface area contributed by atoms with Gasteiger partial charge in [-0.05, 0) is 25.0 Å². The van der Waals surface area contributed by atoms with E-state index in [9.17, 15) is 14.4 Å². The molecule has 2 heterocycles. The van der Waals surface area contributed by atoms with Gasteiger partial charge in [-0.2, -0.15) is 0 Å². The minimum Gasteiger partial charge on any atom is -0.383 e. The Morgan fingerprint density at radius 1 is 1.17 bits per heavy atom. The number of anilines is 1. The molecule has 0 unspecified atom stereocenters. The van der Waals surface area contributed by atoms with Crippen LogP contribution in [0.15, 0.2) is 24.3 Å². The van der Waals surface area contributed by atoms with E-state index in [2.05, 4.69) is 5.32 Å². The number of amides is 3. The first kappa shape index (κ1) is 19.9. The van der Waals surface area contributed by atoms with Crippen LogP contribution in [0.3, 0.4) is 0 Å². The van der Waals surface area contributed by atoms with Crippen molar-refractivity contribution in [2.24, 2.45) is 0 Å². The van der Waals surface area contributed by atoms with Gasteiger partial charge in [-0.3, -0.25) is 19.3 Å². The van der Waals surface area contributed by atoms with Crippen molar-refractivity contribution in [2.75, 3.05) is 25.2 Å². The van der Waals surface area contributed by atoms with Crippen LogP contribution < -0.4 is 10.2 Å². The zero-order valence-electron chi connectivity index (χ0n) is 17.0. The third kappa shape index (κ3) is 3.31. The zero-order chi connectivity index (χ0) is 20.4. The lowest BCUT2D eigenvalue weighted by Gasteiger charge is -2.49. The van der Waals surface area contributed by atoms with E-state index in [1.165, 1.54) is 12.8 Å². The fourth-order valence-corrected chi connectivity index (χ4v) is 4.99. The minimum atomic E-state index is -1.31. The van der Waals surface area contributed by atoms with Crippen LogP contribution in [0.5, 0.6) is 0 Å². The highest BCUT2D eigenvalue weighted by molar-refractivity contribution is 6.16. The second kappa shape index (κ2) is 8.14. The summed E-state index contributed by atoms with van der Waals surface area (Å²) in [5, 5.41) is 3.20. The van der Waals surface area contributed by atoms with Gasteiger partial charge in [0.15, 0.2) is 0 Å². The van der Waals surface area contributed by atoms with Crippen LogP contribution in [0.4, 0.5) is 5.69 Å². The Labute approximate surface area is 171 Å². The monoisotopic (exact) mass is 399 g/mol. The lowest BCUT2D eigenvalue weighted by molar-refractivity contribution is -0.134. The fourth-order valence-electron chi connectivity index (χ4n) is 4.99. The first-order valence-electron chi connectivity index (χ1n) is 10.6. The number of hydrogen-bond donors (Lipinski definition) is 1. The third-order valence-electron chi connectivity index (χ3n) is 6.45. The zero-order valence-corrected chi connectivity index (χ0v) is 17.0. The van der Waals surface area contributed by atoms with Crippen molar-refractivity contribution in [1.29, 1.82) is 0 Å². The van der Waals surface area contributed by atoms with Crippen molar-refractivity contribution in [2.45, 2.75) is 63.1 Å². The Bertz CT molecular complexity index is 803. The van der Waals surface area contributed by atoms with Crippen LogP contribution in [-0.4, -0.2) is 54.6 Å². The standard InChI is InChI=1S/C22H29N3O4/c1-29-15-14-24-20(27)17-10-6-7-11-18(17)25-19(26)12-13-22(24,25)21(28)23-16-8-4-2-3-5-9-16/h6-7,10-11,16H,2-5,8-9,12-15H2,1H3,(H,23,28)/t22-/m0/s1. The van der Waals surface area contributed by atoms with Crippen LogP contribution in [0, 0.1) is 0 Å². The van der Waals surface area contributed by atoms with Crippen molar-refractivity contribution in [3.8, 4) is 0 Å². The Morgan fingerprint density at radius 3 is 2.62 bits per heavy atom. The van der Waals surface area contributed by atoms with E-state index < -0.39 is 5.66 Å². The molecular formula is C22H29N3O4. The topological polar surface area (TPSA) is 79.0 Å². The predicted octanol–water partition coefficient (Wildman–Crippen LogP) is 2.45. The Balaban J connectivity index is 1.74. The maximum absolute atomic E-state index is 13.7. The van der Waals surface area contributed by atoms with Gasteiger partial charge in [0, 0.05) is 32.5 Å². The van der Waals surface area contributed by atoms with E-state index in [1.54, 1.807) is 41.2 Å². The quantitative estimate of drug-likeness (QED) is 0.772. The predicted molar refractivity (Wildman–Crippen MR) is 108 cm³/mol. The van der Waals surface area contributed by atoms with Crippen molar-refractivity contribution in [3.05, 3.63) is 29.8 Å². The van der Waals surface area contributed by atoms with Gasteiger partial charge in [-0.1, -0.05) is 37.8 Å². The average Bonchev–Trinajstić information content (AvgIpc) is 2.90. The van der Waals surface area contributed by atoms with E-state index in [0.29, 0.717) is 24.3 Å². The van der Waals surface area contributed by atoms with Gasteiger partial charge in [0.2, 0.25) is 11.6 Å². The fraction of sp³-hybridized carbons (Fsp3) is 0.591. The normalized spacial score (nSPS) is 24.9. The number of benzene rings is 1. The molecule has 1 N–H and O–H groups in total. The molecule has 1 saturated carbocycles. The minimum absolute atomic E-state index is 0.0912. The van der Waals surface area contributed by atoms with Crippen LogP contribution in [0.25, 0.3) is 0 Å². The van der Waals surface area contributed by atoms with Crippen LogP contribution >= 0.6 is 0 Å². The Kier molecular flexibility index (Phi) is 5.58. The van der Waals surface area contributed by atoms with Crippen molar-refractivity contribution < 1.29 is 19.1 Å². The molecule has 1 aromatic carbocycles. The number of rotatable bonds is 5. The highest BCUT2D eigenvalue weighted by Gasteiger charge is 2.60. The lowest BCUT2D eigenvalue weighted by Crippen LogP contribution is -2.71. The molecule has 2 aliphatic heterocycles. The molecule has 1 saturated heterocycles. The average molecular weight is 399 g/mol. The highest BCUT2D eigenvalue weighted by Crippen LogP contribution is 2.44. The van der Waals surface area contributed by atoms with E-state index in [4.69, 9.17) is 4.74 Å². The summed E-state index contributed by atoms with van der Waals surface area (Å²) in [5.74, 6) is -0.586. The molecule has 1 atom stereocenters. The van der Waals surface area contributed by atoms with Crippen molar-refractivity contribution >= 4 is 23.4 Å². The molecule has 0 aromatic heterocycles. The molecule has 0 spiro atoms. The number of hydrogen-bond acceptors (Lipinski definition) is 4. The second-order valence-electron chi connectivity index (χ2n) is 8.17. The molecule has 3 amide bonds. The van der Waals surface area contributed by atoms with E-state index >= 15 is 0 Å². The number of methoxy groups -OCH3 is 1. The number of ether oxygens (including phenoxy) is 1. The molecule has 7 nitrogen and oxygen atoms in total. The van der Waals surface area contributed by atoms with E-state index in [0.717, 1.165) is 25.7 Å². The van der Waals surface area contributed by atoms with Gasteiger partial charge in [-0.25, -0.2) is 0 Å². The first-order valence-corrected chi connectivity index (χ1v) is 10.6. The highest BCUT2D eigenvalue weighted by atomic mass is 16.5. The van der Waals surface area contributed by atoms with Crippen molar-refractivity contribution in [1.82, 2.24) is 10.2 Å². The summed E-state index contributed by atoms with van der Waals surface area (Å²) in [6.45, 7) is 0.555. The molecular weight excluding hydrogens is 370 g/mol. The summed E-state index contributed by atoms with van der Waals surface area (Å²) >= 11 is 0. The number of carbonyl (C=O) groups excluding carboxylic acids is 3. The Morgan fingerprint density at radius 2 is 1.90 bits per heavy atom. The number of nitrogens with one attached hydrogen (secondary N) is 1. The summed E-state index contributed by atoms with van der Waals surface area (Å²) in [7, 11) is 1.57. The number of fused-ring (bicyclic) bond motifs is 3. The molecule has 1 aromatic rings. The van der Waals surface area contributed by atoms with Crippen molar-refractivity contribution in [3.63, 3.8) is 0 Å². The molecule has 4 rings (SSSR count). The van der Waals surface area contributed by atoms with Gasteiger partial charge in [0.25, 0.3) is 11.8 Å². The number of para-hydroxylation sites is 1. The molecule has 3 aliphatic rings. The summed E-state index contributed by atoms with van der Waals surface area (Å²) in [6.07, 6.45) is 6.99. The molecule has 0 radical (unpaired) electrons. The largest absolute Gasteiger partial charge is 0.383 e. The van der Waals surface area contributed by atoms with Gasteiger partial charge < -0.3 is 15.0 Å². The van der Waals surface area contributed by atoms with Gasteiger partial charge in [-0.15, -0.1) is 0 Å². The molecule has 2 fully saturated rings. The smallest absolute Gasteiger partial charge is 0.267 e. The lowest BCUT2D eigenvalue weighted by atomic mass is 9.94. The van der Waals surface area contributed by atoms with E-state index in [-0.39, 0.29) is 36.7 Å². The molecule has 7 heteroatoms. The number of carbonyl (C=O) groups is 3. The van der Waals surface area contributed by atoms with Crippen LogP contribution in [-0.2, 0) is 14.3 Å². The summed E-state index contributed by atoms with van der Waals surface area (Å²) in [5.41, 5.74) is -0.325. The first-order chi connectivity index (χ1) is 14.1. The van der Waals surface area contributed by atoms with Crippen LogP contribution in [0.1, 0.15) is 61.7 Å². The SMILES string of the molecule is COCCN1C(=O)c2ccccc2N2C(=O)CC[C@]12C(=O)NC1CCCCCC1. The number of nitrogens with zero attached hydrogens (tertiary/aromatic N) is 2. The third-order valence-corrected chi connectivity index (χ3v) is 6.45. The van der Waals surface area contributed by atoms with Gasteiger partial charge in [0.1, 0.15) is 0 Å². The molecule has 0 bridgehead atoms. The maximum Gasteiger partial charge on any atom is 0.267 e. The van der Waals surface area contributed by atoms with Gasteiger partial charge in [0.05, 0.1) is 17.9 Å². The second-order valence-corrected chi connectivity index (χ2v) is 8.17.